The highest BCUT2D eigenvalue weighted by Gasteiger charge is 2.38. The van der Waals surface area contributed by atoms with Gasteiger partial charge in [-0.3, -0.25) is 4.79 Å². The molecule has 1 amide bonds. The summed E-state index contributed by atoms with van der Waals surface area (Å²) in [6.45, 7) is 1.03. The first-order valence-corrected chi connectivity index (χ1v) is 10.6. The number of amides is 1. The van der Waals surface area contributed by atoms with E-state index in [-0.39, 0.29) is 29.5 Å². The average Bonchev–Trinajstić information content (AvgIpc) is 3.33. The number of carbonyl (C=O) groups excluding carboxylic acids is 1. The van der Waals surface area contributed by atoms with Crippen molar-refractivity contribution in [1.82, 2.24) is 9.21 Å². The molecule has 2 aromatic carbocycles. The van der Waals surface area contributed by atoms with Crippen molar-refractivity contribution in [2.45, 2.75) is 11.0 Å². The monoisotopic (exact) mass is 409 g/mol. The Labute approximate surface area is 169 Å². The summed E-state index contributed by atoms with van der Waals surface area (Å²) in [5, 5.41) is 19.4. The fraction of sp³-hybridized carbons (Fsp3) is 0.238. The number of carbonyl (C=O) groups is 1. The second kappa shape index (κ2) is 7.44. The number of hydrogen-bond acceptors (Lipinski definition) is 5. The quantitative estimate of drug-likeness (QED) is 0.770. The Bertz CT molecular complexity index is 1120. The van der Waals surface area contributed by atoms with Crippen LogP contribution >= 0.6 is 0 Å². The van der Waals surface area contributed by atoms with Gasteiger partial charge in [-0.05, 0) is 34.9 Å². The van der Waals surface area contributed by atoms with E-state index in [2.05, 4.69) is 0 Å². The van der Waals surface area contributed by atoms with Crippen LogP contribution in [0, 0.1) is 11.3 Å². The van der Waals surface area contributed by atoms with Gasteiger partial charge in [0.25, 0.3) is 5.91 Å². The molecule has 2 heterocycles. The van der Waals surface area contributed by atoms with Gasteiger partial charge in [-0.25, -0.2) is 8.42 Å². The van der Waals surface area contributed by atoms with E-state index >= 15 is 0 Å². The predicted octanol–water partition coefficient (Wildman–Crippen LogP) is 1.43. The fourth-order valence-electron chi connectivity index (χ4n) is 3.70. The van der Waals surface area contributed by atoms with Gasteiger partial charge in [-0.2, -0.15) is 9.57 Å². The van der Waals surface area contributed by atoms with Gasteiger partial charge in [-0.15, -0.1) is 0 Å². The summed E-state index contributed by atoms with van der Waals surface area (Å²) in [6.07, 6.45) is -1.23. The first kappa shape index (κ1) is 19.3. The van der Waals surface area contributed by atoms with Crippen molar-refractivity contribution in [3.8, 4) is 6.07 Å². The van der Waals surface area contributed by atoms with Crippen LogP contribution < -0.4 is 0 Å². The van der Waals surface area contributed by atoms with Gasteiger partial charge in [0.2, 0.25) is 10.0 Å². The highest BCUT2D eigenvalue weighted by molar-refractivity contribution is 7.89. The van der Waals surface area contributed by atoms with Crippen molar-refractivity contribution >= 4 is 15.9 Å². The molecule has 2 aliphatic heterocycles. The van der Waals surface area contributed by atoms with Gasteiger partial charge in [0.15, 0.2) is 6.10 Å². The number of aliphatic hydroxyl groups excluding tert-OH is 1. The van der Waals surface area contributed by atoms with Crippen molar-refractivity contribution in [3.63, 3.8) is 0 Å². The standard InChI is InChI=1S/C21H19N3O4S/c22-10-15-5-4-8-19(9-15)29(27,28)24-13-17-11-23(12-18(17)14-24)21(26)20(25)16-6-2-1-3-7-16/h1-9,20,25H,11-14H2/t20-/m1/s1. The molecule has 1 atom stereocenters. The molecule has 7 nitrogen and oxygen atoms in total. The number of hydrogen-bond donors (Lipinski definition) is 1. The summed E-state index contributed by atoms with van der Waals surface area (Å²) in [5.41, 5.74) is 2.60. The summed E-state index contributed by atoms with van der Waals surface area (Å²) >= 11 is 0. The lowest BCUT2D eigenvalue weighted by atomic mass is 10.1. The Hall–Kier alpha value is -2.99. The SMILES string of the molecule is N#Cc1cccc(S(=O)(=O)N2CC3=C(CN(C(=O)[C@H](O)c4ccccc4)C3)C2)c1. The summed E-state index contributed by atoms with van der Waals surface area (Å²) in [6, 6.07) is 16.6. The van der Waals surface area contributed by atoms with Gasteiger partial charge in [0, 0.05) is 26.2 Å². The number of nitriles is 1. The third-order valence-electron chi connectivity index (χ3n) is 5.26. The highest BCUT2D eigenvalue weighted by atomic mass is 32.2. The smallest absolute Gasteiger partial charge is 0.256 e. The Morgan fingerprint density at radius 1 is 1.00 bits per heavy atom. The number of benzene rings is 2. The maximum absolute atomic E-state index is 12.9. The normalized spacial score (nSPS) is 17.9. The summed E-state index contributed by atoms with van der Waals surface area (Å²) < 4.78 is 27.2. The van der Waals surface area contributed by atoms with Gasteiger partial charge in [0.05, 0.1) is 16.5 Å². The molecule has 8 heteroatoms. The molecule has 0 unspecified atom stereocenters. The van der Waals surface area contributed by atoms with E-state index in [1.807, 2.05) is 12.1 Å². The van der Waals surface area contributed by atoms with Crippen LogP contribution in [0.3, 0.4) is 0 Å². The van der Waals surface area contributed by atoms with Gasteiger partial charge >= 0.3 is 0 Å². The van der Waals surface area contributed by atoms with Crippen molar-refractivity contribution in [2.75, 3.05) is 26.2 Å². The van der Waals surface area contributed by atoms with Crippen molar-refractivity contribution in [2.24, 2.45) is 0 Å². The fourth-order valence-corrected chi connectivity index (χ4v) is 5.17. The van der Waals surface area contributed by atoms with Crippen LogP contribution in [0.15, 0.2) is 70.6 Å². The van der Waals surface area contributed by atoms with Crippen LogP contribution in [-0.2, 0) is 14.8 Å². The Balaban J connectivity index is 1.44. The van der Waals surface area contributed by atoms with E-state index in [4.69, 9.17) is 5.26 Å². The summed E-state index contributed by atoms with van der Waals surface area (Å²) in [7, 11) is -3.72. The molecular formula is C21H19N3O4S. The molecule has 0 saturated heterocycles. The Kier molecular flexibility index (Phi) is 4.96. The predicted molar refractivity (Wildman–Crippen MR) is 105 cm³/mol. The lowest BCUT2D eigenvalue weighted by Crippen LogP contribution is -2.38. The minimum Gasteiger partial charge on any atom is -0.378 e. The van der Waals surface area contributed by atoms with Crippen LogP contribution in [0.25, 0.3) is 0 Å². The maximum Gasteiger partial charge on any atom is 0.256 e. The minimum absolute atomic E-state index is 0.0881. The molecule has 0 aromatic heterocycles. The van der Waals surface area contributed by atoms with E-state index < -0.39 is 16.1 Å². The lowest BCUT2D eigenvalue weighted by molar-refractivity contribution is -0.139. The second-order valence-electron chi connectivity index (χ2n) is 7.13. The van der Waals surface area contributed by atoms with E-state index in [0.29, 0.717) is 18.7 Å². The first-order valence-electron chi connectivity index (χ1n) is 9.12. The largest absolute Gasteiger partial charge is 0.378 e. The Morgan fingerprint density at radius 2 is 1.66 bits per heavy atom. The molecule has 2 aliphatic rings. The van der Waals surface area contributed by atoms with Gasteiger partial charge in [-0.1, -0.05) is 36.4 Å². The van der Waals surface area contributed by atoms with E-state index in [9.17, 15) is 18.3 Å². The lowest BCUT2D eigenvalue weighted by Gasteiger charge is -2.24. The number of nitrogens with zero attached hydrogens (tertiary/aromatic N) is 3. The van der Waals surface area contributed by atoms with Crippen LogP contribution in [0.4, 0.5) is 0 Å². The van der Waals surface area contributed by atoms with Crippen LogP contribution in [0.2, 0.25) is 0 Å². The van der Waals surface area contributed by atoms with E-state index in [1.165, 1.54) is 16.4 Å². The van der Waals surface area contributed by atoms with Crippen molar-refractivity contribution in [1.29, 1.82) is 5.26 Å². The second-order valence-corrected chi connectivity index (χ2v) is 9.07. The molecule has 0 spiro atoms. The van der Waals surface area contributed by atoms with Crippen LogP contribution in [0.5, 0.6) is 0 Å². The zero-order chi connectivity index (χ0) is 20.6. The molecule has 148 valence electrons. The first-order chi connectivity index (χ1) is 13.9. The molecule has 1 N–H and O–H groups in total. The zero-order valence-corrected chi connectivity index (χ0v) is 16.3. The average molecular weight is 409 g/mol. The minimum atomic E-state index is -3.72. The third-order valence-corrected chi connectivity index (χ3v) is 7.05. The molecule has 0 radical (unpaired) electrons. The van der Waals surface area contributed by atoms with E-state index in [1.54, 1.807) is 41.3 Å². The number of rotatable bonds is 4. The maximum atomic E-state index is 12.9. The molecule has 0 saturated carbocycles. The van der Waals surface area contributed by atoms with Crippen LogP contribution in [-0.4, -0.2) is 54.8 Å². The van der Waals surface area contributed by atoms with Gasteiger partial charge < -0.3 is 10.0 Å². The van der Waals surface area contributed by atoms with E-state index in [0.717, 1.165) is 11.1 Å². The van der Waals surface area contributed by atoms with Crippen LogP contribution in [0.1, 0.15) is 17.2 Å². The molecule has 2 aromatic rings. The summed E-state index contributed by atoms with van der Waals surface area (Å²) in [4.78, 5) is 14.3. The van der Waals surface area contributed by atoms with Gasteiger partial charge in [0.1, 0.15) is 0 Å². The molecule has 0 aliphatic carbocycles. The zero-order valence-electron chi connectivity index (χ0n) is 15.5. The molecule has 29 heavy (non-hydrogen) atoms. The molecule has 0 bridgehead atoms. The molecule has 4 rings (SSSR count). The Morgan fingerprint density at radius 3 is 2.28 bits per heavy atom. The third kappa shape index (κ3) is 3.56. The highest BCUT2D eigenvalue weighted by Crippen LogP contribution is 2.31. The number of aliphatic hydroxyl groups is 1. The molecule has 0 fully saturated rings. The van der Waals surface area contributed by atoms with Crippen molar-refractivity contribution < 1.29 is 18.3 Å². The number of sulfonamides is 1. The van der Waals surface area contributed by atoms with Crippen molar-refractivity contribution in [3.05, 3.63) is 76.9 Å². The topological polar surface area (TPSA) is 102 Å². The summed E-state index contributed by atoms with van der Waals surface area (Å²) in [5.74, 6) is -0.387. The molecular weight excluding hydrogens is 390 g/mol.